The SMILES string of the molecule is CC1CCN(C(=O)c2ccc(C(N)=O)s2)c2ccccc21. The Morgan fingerprint density at radius 3 is 2.62 bits per heavy atom. The third-order valence-corrected chi connectivity index (χ3v) is 4.94. The first kappa shape index (κ1) is 13.8. The molecule has 1 aliphatic heterocycles. The summed E-state index contributed by atoms with van der Waals surface area (Å²) in [6.07, 6.45) is 0.941. The molecule has 5 heteroatoms. The van der Waals surface area contributed by atoms with Crippen LogP contribution in [0.15, 0.2) is 36.4 Å². The molecule has 21 heavy (non-hydrogen) atoms. The van der Waals surface area contributed by atoms with E-state index in [-0.39, 0.29) is 5.91 Å². The number of thiophene rings is 1. The van der Waals surface area contributed by atoms with Gasteiger partial charge in [0.1, 0.15) is 0 Å². The number of fused-ring (bicyclic) bond motifs is 1. The zero-order chi connectivity index (χ0) is 15.0. The van der Waals surface area contributed by atoms with Crippen molar-refractivity contribution in [2.24, 2.45) is 5.73 Å². The highest BCUT2D eigenvalue weighted by Crippen LogP contribution is 2.36. The molecule has 4 nitrogen and oxygen atoms in total. The van der Waals surface area contributed by atoms with E-state index in [1.165, 1.54) is 5.56 Å². The van der Waals surface area contributed by atoms with Gasteiger partial charge in [-0.1, -0.05) is 25.1 Å². The van der Waals surface area contributed by atoms with Crippen molar-refractivity contribution >= 4 is 28.8 Å². The lowest BCUT2D eigenvalue weighted by Crippen LogP contribution is -2.35. The van der Waals surface area contributed by atoms with Crippen molar-refractivity contribution in [3.8, 4) is 0 Å². The molecule has 2 N–H and O–H groups in total. The number of amides is 2. The van der Waals surface area contributed by atoms with Gasteiger partial charge in [-0.15, -0.1) is 11.3 Å². The van der Waals surface area contributed by atoms with Crippen LogP contribution in [0, 0.1) is 0 Å². The lowest BCUT2D eigenvalue weighted by Gasteiger charge is -2.32. The van der Waals surface area contributed by atoms with Crippen LogP contribution >= 0.6 is 11.3 Å². The quantitative estimate of drug-likeness (QED) is 0.926. The van der Waals surface area contributed by atoms with Gasteiger partial charge in [0, 0.05) is 12.2 Å². The number of carbonyl (C=O) groups excluding carboxylic acids is 2. The van der Waals surface area contributed by atoms with Gasteiger partial charge in [-0.25, -0.2) is 0 Å². The predicted molar refractivity (Wildman–Crippen MR) is 84.0 cm³/mol. The van der Waals surface area contributed by atoms with Gasteiger partial charge in [0.05, 0.1) is 9.75 Å². The van der Waals surface area contributed by atoms with E-state index in [0.717, 1.165) is 23.4 Å². The summed E-state index contributed by atoms with van der Waals surface area (Å²) in [6.45, 7) is 2.87. The van der Waals surface area contributed by atoms with Gasteiger partial charge < -0.3 is 10.6 Å². The molecule has 2 amide bonds. The summed E-state index contributed by atoms with van der Waals surface area (Å²) in [5, 5.41) is 0. The van der Waals surface area contributed by atoms with Crippen LogP contribution in [0.4, 0.5) is 5.69 Å². The Kier molecular flexibility index (Phi) is 3.51. The highest BCUT2D eigenvalue weighted by atomic mass is 32.1. The van der Waals surface area contributed by atoms with Crippen LogP contribution in [0.3, 0.4) is 0 Å². The highest BCUT2D eigenvalue weighted by Gasteiger charge is 2.27. The van der Waals surface area contributed by atoms with Crippen LogP contribution in [0.25, 0.3) is 0 Å². The lowest BCUT2D eigenvalue weighted by atomic mass is 9.91. The second kappa shape index (κ2) is 5.33. The normalized spacial score (nSPS) is 17.4. The molecule has 0 saturated carbocycles. The summed E-state index contributed by atoms with van der Waals surface area (Å²) in [7, 11) is 0. The Morgan fingerprint density at radius 1 is 1.19 bits per heavy atom. The highest BCUT2D eigenvalue weighted by molar-refractivity contribution is 7.16. The van der Waals surface area contributed by atoms with E-state index >= 15 is 0 Å². The number of hydrogen-bond acceptors (Lipinski definition) is 3. The molecule has 3 rings (SSSR count). The topological polar surface area (TPSA) is 63.4 Å². The zero-order valence-electron chi connectivity index (χ0n) is 11.7. The summed E-state index contributed by atoms with van der Waals surface area (Å²) in [6, 6.07) is 11.3. The monoisotopic (exact) mass is 300 g/mol. The smallest absolute Gasteiger partial charge is 0.268 e. The number of primary amides is 1. The third kappa shape index (κ3) is 2.45. The predicted octanol–water partition coefficient (Wildman–Crippen LogP) is 3.00. The molecule has 2 heterocycles. The summed E-state index contributed by atoms with van der Waals surface area (Å²) >= 11 is 1.15. The summed E-state index contributed by atoms with van der Waals surface area (Å²) in [5.41, 5.74) is 7.41. The van der Waals surface area contributed by atoms with Gasteiger partial charge in [-0.05, 0) is 36.1 Å². The summed E-state index contributed by atoms with van der Waals surface area (Å²) < 4.78 is 0. The van der Waals surface area contributed by atoms with Crippen molar-refractivity contribution in [3.05, 3.63) is 51.7 Å². The maximum Gasteiger partial charge on any atom is 0.268 e. The number of nitrogens with two attached hydrogens (primary N) is 1. The molecule has 0 fully saturated rings. The second-order valence-electron chi connectivity index (χ2n) is 5.23. The Morgan fingerprint density at radius 2 is 1.90 bits per heavy atom. The van der Waals surface area contributed by atoms with Crippen LogP contribution in [-0.2, 0) is 0 Å². The fourth-order valence-corrected chi connectivity index (χ4v) is 3.49. The van der Waals surface area contributed by atoms with Gasteiger partial charge in [0.2, 0.25) is 0 Å². The van der Waals surface area contributed by atoms with Gasteiger partial charge in [0.25, 0.3) is 11.8 Å². The van der Waals surface area contributed by atoms with E-state index in [1.807, 2.05) is 18.2 Å². The molecule has 0 radical (unpaired) electrons. The largest absolute Gasteiger partial charge is 0.365 e. The molecule has 1 aromatic carbocycles. The third-order valence-electron chi connectivity index (χ3n) is 3.85. The average molecular weight is 300 g/mol. The minimum atomic E-state index is -0.494. The molecule has 1 aliphatic rings. The number of carbonyl (C=O) groups is 2. The maximum atomic E-state index is 12.7. The van der Waals surface area contributed by atoms with Crippen molar-refractivity contribution in [2.75, 3.05) is 11.4 Å². The number of nitrogens with zero attached hydrogens (tertiary/aromatic N) is 1. The Balaban J connectivity index is 1.95. The first-order valence-electron chi connectivity index (χ1n) is 6.88. The first-order chi connectivity index (χ1) is 10.1. The molecular formula is C16H16N2O2S. The molecule has 1 unspecified atom stereocenters. The number of anilines is 1. The number of hydrogen-bond donors (Lipinski definition) is 1. The molecule has 0 aliphatic carbocycles. The lowest BCUT2D eigenvalue weighted by molar-refractivity contribution is 0.0985. The van der Waals surface area contributed by atoms with Crippen LogP contribution in [0.5, 0.6) is 0 Å². The minimum absolute atomic E-state index is 0.0631. The summed E-state index contributed by atoms with van der Waals surface area (Å²) in [5.74, 6) is -0.103. The van der Waals surface area contributed by atoms with Crippen LogP contribution in [0.2, 0.25) is 0 Å². The Hall–Kier alpha value is -2.14. The van der Waals surface area contributed by atoms with Crippen molar-refractivity contribution in [1.29, 1.82) is 0 Å². The van der Waals surface area contributed by atoms with E-state index in [9.17, 15) is 9.59 Å². The van der Waals surface area contributed by atoms with Gasteiger partial charge in [-0.2, -0.15) is 0 Å². The van der Waals surface area contributed by atoms with Gasteiger partial charge in [-0.3, -0.25) is 9.59 Å². The zero-order valence-corrected chi connectivity index (χ0v) is 12.5. The molecule has 1 aromatic heterocycles. The number of rotatable bonds is 2. The molecule has 0 bridgehead atoms. The van der Waals surface area contributed by atoms with E-state index in [0.29, 0.717) is 22.2 Å². The molecule has 2 aromatic rings. The number of para-hydroxylation sites is 1. The van der Waals surface area contributed by atoms with Crippen LogP contribution in [-0.4, -0.2) is 18.4 Å². The van der Waals surface area contributed by atoms with Crippen molar-refractivity contribution in [2.45, 2.75) is 19.3 Å². The Labute approximate surface area is 127 Å². The van der Waals surface area contributed by atoms with Crippen LogP contribution in [0.1, 0.15) is 44.2 Å². The molecule has 108 valence electrons. The van der Waals surface area contributed by atoms with E-state index in [1.54, 1.807) is 17.0 Å². The molecule has 1 atom stereocenters. The average Bonchev–Trinajstić information content (AvgIpc) is 2.97. The minimum Gasteiger partial charge on any atom is -0.365 e. The number of benzene rings is 1. The summed E-state index contributed by atoms with van der Waals surface area (Å²) in [4.78, 5) is 26.6. The molecule has 0 spiro atoms. The van der Waals surface area contributed by atoms with Crippen molar-refractivity contribution in [3.63, 3.8) is 0 Å². The second-order valence-corrected chi connectivity index (χ2v) is 6.32. The standard InChI is InChI=1S/C16H16N2O2S/c1-10-8-9-18(12-5-3-2-4-11(10)12)16(20)14-7-6-13(21-14)15(17)19/h2-7,10H,8-9H2,1H3,(H2,17,19). The molecule has 0 saturated heterocycles. The van der Waals surface area contributed by atoms with Crippen molar-refractivity contribution < 1.29 is 9.59 Å². The van der Waals surface area contributed by atoms with Gasteiger partial charge in [0.15, 0.2) is 0 Å². The fourth-order valence-electron chi connectivity index (χ4n) is 2.68. The van der Waals surface area contributed by atoms with Crippen LogP contribution < -0.4 is 10.6 Å². The van der Waals surface area contributed by atoms with E-state index in [2.05, 4.69) is 13.0 Å². The van der Waals surface area contributed by atoms with Gasteiger partial charge >= 0.3 is 0 Å². The van der Waals surface area contributed by atoms with E-state index in [4.69, 9.17) is 5.73 Å². The maximum absolute atomic E-state index is 12.7. The van der Waals surface area contributed by atoms with Crippen molar-refractivity contribution in [1.82, 2.24) is 0 Å². The Bertz CT molecular complexity index is 708. The first-order valence-corrected chi connectivity index (χ1v) is 7.70. The fraction of sp³-hybridized carbons (Fsp3) is 0.250. The van der Waals surface area contributed by atoms with E-state index < -0.39 is 5.91 Å². The molecular weight excluding hydrogens is 284 g/mol.